The molecule has 0 unspecified atom stereocenters. The zero-order valence-electron chi connectivity index (χ0n) is 8.98. The lowest BCUT2D eigenvalue weighted by molar-refractivity contribution is -0.160. The molecule has 2 atom stereocenters. The summed E-state index contributed by atoms with van der Waals surface area (Å²) in [6.45, 7) is 4.32. The lowest BCUT2D eigenvalue weighted by Gasteiger charge is -2.52. The first kappa shape index (κ1) is 10.4. The molecule has 82 valence electrons. The highest BCUT2D eigenvalue weighted by atomic mass is 16.5. The van der Waals surface area contributed by atoms with Crippen molar-refractivity contribution in [3.8, 4) is 6.07 Å². The smallest absolute Gasteiger partial charge is 0.236 e. The number of carbonyl (C=O) groups excluding carboxylic acids is 1. The van der Waals surface area contributed by atoms with Crippen molar-refractivity contribution in [3.05, 3.63) is 0 Å². The second-order valence-corrected chi connectivity index (χ2v) is 4.31. The Morgan fingerprint density at radius 2 is 2.20 bits per heavy atom. The van der Waals surface area contributed by atoms with E-state index in [1.807, 2.05) is 17.9 Å². The van der Waals surface area contributed by atoms with Gasteiger partial charge < -0.3 is 9.64 Å². The number of fused-ring (bicyclic) bond motifs is 2. The summed E-state index contributed by atoms with van der Waals surface area (Å²) in [5.74, 6) is 0.986. The largest absolute Gasteiger partial charge is 0.378 e. The molecule has 0 aromatic carbocycles. The van der Waals surface area contributed by atoms with E-state index in [0.717, 1.165) is 19.7 Å². The van der Waals surface area contributed by atoms with Crippen LogP contribution in [0.1, 0.15) is 19.8 Å². The molecule has 2 heterocycles. The molecule has 0 aromatic rings. The molecule has 1 amide bonds. The molecule has 0 aromatic heterocycles. The number of nitriles is 1. The van der Waals surface area contributed by atoms with Gasteiger partial charge in [0.1, 0.15) is 6.42 Å². The molecule has 0 radical (unpaired) electrons. The minimum absolute atomic E-state index is 0.0126. The van der Waals surface area contributed by atoms with Crippen LogP contribution >= 0.6 is 0 Å². The summed E-state index contributed by atoms with van der Waals surface area (Å²) >= 11 is 0. The van der Waals surface area contributed by atoms with Crippen LogP contribution in [0.2, 0.25) is 0 Å². The fourth-order valence-corrected chi connectivity index (χ4v) is 2.69. The van der Waals surface area contributed by atoms with E-state index in [2.05, 4.69) is 0 Å². The van der Waals surface area contributed by atoms with Gasteiger partial charge in [0.15, 0.2) is 0 Å². The first-order valence-electron chi connectivity index (χ1n) is 5.52. The average Bonchev–Trinajstić information content (AvgIpc) is 2.26. The van der Waals surface area contributed by atoms with E-state index in [0.29, 0.717) is 17.9 Å². The molecule has 1 saturated carbocycles. The molecule has 0 N–H and O–H groups in total. The molecule has 4 heteroatoms. The molecule has 3 rings (SSSR count). The lowest BCUT2D eigenvalue weighted by atomic mass is 9.68. The first-order valence-corrected chi connectivity index (χ1v) is 5.52. The number of hydrogen-bond acceptors (Lipinski definition) is 3. The van der Waals surface area contributed by atoms with Gasteiger partial charge in [-0.05, 0) is 13.3 Å². The Kier molecular flexibility index (Phi) is 2.92. The van der Waals surface area contributed by atoms with Crippen molar-refractivity contribution < 1.29 is 9.53 Å². The average molecular weight is 208 g/mol. The maximum atomic E-state index is 11.5. The van der Waals surface area contributed by atoms with Crippen molar-refractivity contribution in [1.82, 2.24) is 4.90 Å². The van der Waals surface area contributed by atoms with E-state index < -0.39 is 0 Å². The lowest BCUT2D eigenvalue weighted by Crippen LogP contribution is -2.60. The van der Waals surface area contributed by atoms with Gasteiger partial charge in [-0.2, -0.15) is 5.26 Å². The summed E-state index contributed by atoms with van der Waals surface area (Å²) in [4.78, 5) is 13.3. The fourth-order valence-electron chi connectivity index (χ4n) is 2.69. The number of ether oxygens (including phenoxy) is 1. The molecular weight excluding hydrogens is 192 g/mol. The van der Waals surface area contributed by atoms with E-state index >= 15 is 0 Å². The Morgan fingerprint density at radius 1 is 1.53 bits per heavy atom. The molecule has 4 nitrogen and oxygen atoms in total. The number of piperidine rings is 2. The molecule has 2 aliphatic heterocycles. The van der Waals surface area contributed by atoms with Gasteiger partial charge in [-0.15, -0.1) is 0 Å². The third-order valence-corrected chi connectivity index (χ3v) is 3.39. The van der Waals surface area contributed by atoms with Gasteiger partial charge in [-0.25, -0.2) is 0 Å². The highest BCUT2D eigenvalue weighted by Gasteiger charge is 2.48. The van der Waals surface area contributed by atoms with E-state index in [9.17, 15) is 4.79 Å². The Labute approximate surface area is 89.8 Å². The van der Waals surface area contributed by atoms with Crippen LogP contribution in [0.5, 0.6) is 0 Å². The van der Waals surface area contributed by atoms with E-state index in [1.54, 1.807) is 0 Å². The quantitative estimate of drug-likeness (QED) is 0.688. The van der Waals surface area contributed by atoms with Gasteiger partial charge >= 0.3 is 0 Å². The van der Waals surface area contributed by atoms with Crippen LogP contribution in [0, 0.1) is 23.2 Å². The Balaban J connectivity index is 1.87. The fraction of sp³-hybridized carbons (Fsp3) is 0.818. The molecular formula is C11H16N2O2. The van der Waals surface area contributed by atoms with Crippen LogP contribution in [-0.4, -0.2) is 36.6 Å². The van der Waals surface area contributed by atoms with Crippen LogP contribution in [-0.2, 0) is 9.53 Å². The summed E-state index contributed by atoms with van der Waals surface area (Å²) in [5, 5.41) is 8.46. The monoisotopic (exact) mass is 208 g/mol. The number of amides is 1. The zero-order chi connectivity index (χ0) is 10.8. The maximum Gasteiger partial charge on any atom is 0.236 e. The summed E-state index contributed by atoms with van der Waals surface area (Å²) in [5.41, 5.74) is 0. The van der Waals surface area contributed by atoms with Crippen molar-refractivity contribution in [2.24, 2.45) is 11.8 Å². The highest BCUT2D eigenvalue weighted by Crippen LogP contribution is 2.42. The Hall–Kier alpha value is -1.08. The minimum atomic E-state index is -0.0258. The summed E-state index contributed by atoms with van der Waals surface area (Å²) < 4.78 is 5.63. The van der Waals surface area contributed by atoms with E-state index in [1.165, 1.54) is 6.42 Å². The third kappa shape index (κ3) is 1.84. The van der Waals surface area contributed by atoms with Gasteiger partial charge in [-0.1, -0.05) is 0 Å². The van der Waals surface area contributed by atoms with Gasteiger partial charge in [0, 0.05) is 31.5 Å². The highest BCUT2D eigenvalue weighted by molar-refractivity contribution is 5.78. The molecule has 2 saturated heterocycles. The summed E-state index contributed by atoms with van der Waals surface area (Å²) in [6.07, 6.45) is 1.56. The molecule has 3 aliphatic rings. The summed E-state index contributed by atoms with van der Waals surface area (Å²) in [7, 11) is 0. The number of hydrogen-bond donors (Lipinski definition) is 0. The van der Waals surface area contributed by atoms with Crippen molar-refractivity contribution in [2.75, 3.05) is 19.7 Å². The van der Waals surface area contributed by atoms with E-state index in [4.69, 9.17) is 10.00 Å². The second kappa shape index (κ2) is 4.19. The minimum Gasteiger partial charge on any atom is -0.378 e. The number of carbonyl (C=O) groups is 1. The van der Waals surface area contributed by atoms with Crippen molar-refractivity contribution in [2.45, 2.75) is 25.9 Å². The molecule has 0 spiro atoms. The van der Waals surface area contributed by atoms with Gasteiger partial charge in [-0.3, -0.25) is 4.79 Å². The molecule has 2 bridgehead atoms. The zero-order valence-corrected chi connectivity index (χ0v) is 8.98. The van der Waals surface area contributed by atoms with Crippen LogP contribution in [0.25, 0.3) is 0 Å². The number of rotatable bonds is 3. The molecule has 15 heavy (non-hydrogen) atoms. The maximum absolute atomic E-state index is 11.5. The predicted molar refractivity (Wildman–Crippen MR) is 53.8 cm³/mol. The van der Waals surface area contributed by atoms with Gasteiger partial charge in [0.2, 0.25) is 5.91 Å². The first-order chi connectivity index (χ1) is 7.26. The normalized spacial score (nSPS) is 33.1. The Morgan fingerprint density at radius 3 is 2.73 bits per heavy atom. The molecule has 3 fully saturated rings. The SMILES string of the molecule is CCOC1[C@H]2C[C@H]1CN(C(=O)CC#N)C2. The van der Waals surface area contributed by atoms with Crippen LogP contribution < -0.4 is 0 Å². The standard InChI is InChI=1S/C11H16N2O2/c1-2-15-11-8-5-9(11)7-13(6-8)10(14)3-4-12/h8-9,11H,2-3,5-7H2,1H3/t8-,9-/m0/s1. The Bertz CT molecular complexity index is 285. The topological polar surface area (TPSA) is 53.3 Å². The van der Waals surface area contributed by atoms with Crippen molar-refractivity contribution >= 4 is 5.91 Å². The van der Waals surface area contributed by atoms with Crippen LogP contribution in [0.15, 0.2) is 0 Å². The van der Waals surface area contributed by atoms with Gasteiger partial charge in [0.05, 0.1) is 12.2 Å². The van der Waals surface area contributed by atoms with E-state index in [-0.39, 0.29) is 12.3 Å². The van der Waals surface area contributed by atoms with Crippen LogP contribution in [0.3, 0.4) is 0 Å². The van der Waals surface area contributed by atoms with Crippen LogP contribution in [0.4, 0.5) is 0 Å². The second-order valence-electron chi connectivity index (χ2n) is 4.31. The van der Waals surface area contributed by atoms with Crippen molar-refractivity contribution in [3.63, 3.8) is 0 Å². The predicted octanol–water partition coefficient (Wildman–Crippen LogP) is 0.783. The number of nitrogens with zero attached hydrogens (tertiary/aromatic N) is 2. The third-order valence-electron chi connectivity index (χ3n) is 3.39. The summed E-state index contributed by atoms with van der Waals surface area (Å²) in [6, 6.07) is 1.91. The van der Waals surface area contributed by atoms with Gasteiger partial charge in [0.25, 0.3) is 0 Å². The van der Waals surface area contributed by atoms with Crippen molar-refractivity contribution in [1.29, 1.82) is 5.26 Å². The molecule has 1 aliphatic carbocycles.